The average Bonchev–Trinajstić information content (AvgIpc) is 3.32. The molecule has 1 fully saturated rings. The lowest BCUT2D eigenvalue weighted by Crippen LogP contribution is -2.54. The summed E-state index contributed by atoms with van der Waals surface area (Å²) in [5, 5.41) is 26.6. The van der Waals surface area contributed by atoms with Crippen molar-refractivity contribution in [1.29, 1.82) is 0 Å². The Hall–Kier alpha value is -6.04. The van der Waals surface area contributed by atoms with E-state index in [-0.39, 0.29) is 23.5 Å². The van der Waals surface area contributed by atoms with Gasteiger partial charge in [0.2, 0.25) is 17.7 Å². The number of anilines is 1. The molecule has 1 heterocycles. The van der Waals surface area contributed by atoms with Gasteiger partial charge in [-0.25, -0.2) is 10.3 Å². The highest BCUT2D eigenvalue weighted by Gasteiger charge is 2.68. The third kappa shape index (κ3) is 4.13. The fourth-order valence-corrected chi connectivity index (χ4v) is 7.19. The molecule has 1 aliphatic heterocycles. The summed E-state index contributed by atoms with van der Waals surface area (Å²) in [6, 6.07) is 26.1. The van der Waals surface area contributed by atoms with Crippen LogP contribution >= 0.6 is 0 Å². The van der Waals surface area contributed by atoms with Crippen molar-refractivity contribution in [3.8, 4) is 0 Å². The highest BCUT2D eigenvalue weighted by atomic mass is 16.6. The van der Waals surface area contributed by atoms with Gasteiger partial charge in [0, 0.05) is 36.4 Å². The summed E-state index contributed by atoms with van der Waals surface area (Å²) in [5.74, 6) is -3.43. The number of hydrogen-bond donors (Lipinski definition) is 1. The van der Waals surface area contributed by atoms with Crippen LogP contribution in [0.4, 0.5) is 17.1 Å². The van der Waals surface area contributed by atoms with Crippen molar-refractivity contribution < 1.29 is 24.2 Å². The molecular formula is C33H23N5O7. The number of hydrazone groups is 1. The molecule has 8 rings (SSSR count). The fourth-order valence-electron chi connectivity index (χ4n) is 7.19. The van der Waals surface area contributed by atoms with Gasteiger partial charge in [0.15, 0.2) is 0 Å². The zero-order chi connectivity index (χ0) is 31.5. The van der Waals surface area contributed by atoms with Crippen LogP contribution in [0.3, 0.4) is 0 Å². The second kappa shape index (κ2) is 10.3. The summed E-state index contributed by atoms with van der Waals surface area (Å²) in [5.41, 5.74) is 5.23. The number of imide groups is 1. The third-order valence-corrected chi connectivity index (χ3v) is 8.97. The Morgan fingerprint density at radius 1 is 0.800 bits per heavy atom. The third-order valence-electron chi connectivity index (χ3n) is 8.97. The first-order valence-electron chi connectivity index (χ1n) is 14.1. The smallest absolute Gasteiger partial charge is 0.269 e. The van der Waals surface area contributed by atoms with Crippen molar-refractivity contribution in [2.45, 2.75) is 17.8 Å². The Balaban J connectivity index is 1.29. The SMILES string of the molecule is O=C(Cc1ccc([N+](=O)[O-])cc1)N/N=C/C12c3ccccc3C(c3ccccc31)C1C(=O)N(c3ccc([N+](=O)[O-])cc3)C(=O)C12. The minimum Gasteiger partial charge on any atom is -0.274 e. The molecule has 12 heteroatoms. The highest BCUT2D eigenvalue weighted by Crippen LogP contribution is 2.63. The van der Waals surface area contributed by atoms with Gasteiger partial charge in [-0.05, 0) is 39.9 Å². The normalized spacial score (nSPS) is 22.6. The van der Waals surface area contributed by atoms with E-state index >= 15 is 0 Å². The molecule has 4 aliphatic rings. The van der Waals surface area contributed by atoms with Gasteiger partial charge >= 0.3 is 0 Å². The molecule has 12 nitrogen and oxygen atoms in total. The zero-order valence-corrected chi connectivity index (χ0v) is 23.4. The molecular weight excluding hydrogens is 578 g/mol. The van der Waals surface area contributed by atoms with Crippen molar-refractivity contribution in [1.82, 2.24) is 5.43 Å². The molecule has 4 aromatic carbocycles. The van der Waals surface area contributed by atoms with Gasteiger partial charge in [-0.2, -0.15) is 5.10 Å². The summed E-state index contributed by atoms with van der Waals surface area (Å²) in [6.07, 6.45) is 1.45. The Morgan fingerprint density at radius 3 is 1.89 bits per heavy atom. The van der Waals surface area contributed by atoms with Crippen LogP contribution in [0.5, 0.6) is 0 Å². The molecule has 45 heavy (non-hydrogen) atoms. The van der Waals surface area contributed by atoms with Gasteiger partial charge in [0.05, 0.1) is 39.2 Å². The van der Waals surface area contributed by atoms with Gasteiger partial charge in [-0.15, -0.1) is 0 Å². The number of amides is 3. The highest BCUT2D eigenvalue weighted by molar-refractivity contribution is 6.25. The molecule has 3 amide bonds. The Bertz CT molecular complexity index is 1910. The van der Waals surface area contributed by atoms with Crippen molar-refractivity contribution in [3.63, 3.8) is 0 Å². The first-order chi connectivity index (χ1) is 21.7. The van der Waals surface area contributed by atoms with Gasteiger partial charge in [-0.3, -0.25) is 34.6 Å². The van der Waals surface area contributed by atoms with E-state index in [0.717, 1.165) is 27.2 Å². The number of carbonyl (C=O) groups is 3. The zero-order valence-electron chi connectivity index (χ0n) is 23.4. The Labute approximate surface area is 255 Å². The van der Waals surface area contributed by atoms with E-state index in [0.29, 0.717) is 5.56 Å². The number of hydrogen-bond acceptors (Lipinski definition) is 8. The monoisotopic (exact) mass is 601 g/mol. The summed E-state index contributed by atoms with van der Waals surface area (Å²) in [4.78, 5) is 63.7. The molecule has 2 bridgehead atoms. The van der Waals surface area contributed by atoms with Crippen LogP contribution in [-0.4, -0.2) is 33.8 Å². The molecule has 2 atom stereocenters. The number of rotatable bonds is 7. The van der Waals surface area contributed by atoms with E-state index in [9.17, 15) is 34.6 Å². The van der Waals surface area contributed by atoms with Gasteiger partial charge in [-0.1, -0.05) is 60.7 Å². The predicted molar refractivity (Wildman–Crippen MR) is 162 cm³/mol. The number of nitrogens with zero attached hydrogens (tertiary/aromatic N) is 4. The number of benzene rings is 4. The minimum absolute atomic E-state index is 0.0883. The van der Waals surface area contributed by atoms with Crippen LogP contribution in [0, 0.1) is 32.1 Å². The van der Waals surface area contributed by atoms with Crippen molar-refractivity contribution in [2.75, 3.05) is 4.90 Å². The summed E-state index contributed by atoms with van der Waals surface area (Å²) in [6.45, 7) is 0. The lowest BCUT2D eigenvalue weighted by Gasteiger charge is -2.52. The maximum absolute atomic E-state index is 14.4. The van der Waals surface area contributed by atoms with E-state index in [1.165, 1.54) is 54.7 Å². The van der Waals surface area contributed by atoms with Crippen molar-refractivity contribution in [2.24, 2.45) is 16.9 Å². The van der Waals surface area contributed by atoms with Crippen LogP contribution in [0.2, 0.25) is 0 Å². The van der Waals surface area contributed by atoms with E-state index in [2.05, 4.69) is 10.5 Å². The quantitative estimate of drug-likeness (QED) is 0.142. The number of non-ortho nitro benzene ring substituents is 2. The molecule has 0 radical (unpaired) electrons. The second-order valence-corrected chi connectivity index (χ2v) is 11.2. The molecule has 0 aromatic heterocycles. The number of nitro groups is 2. The first-order valence-corrected chi connectivity index (χ1v) is 14.1. The summed E-state index contributed by atoms with van der Waals surface area (Å²) in [7, 11) is 0. The van der Waals surface area contributed by atoms with Crippen LogP contribution in [0.25, 0.3) is 0 Å². The fraction of sp³-hybridized carbons (Fsp3) is 0.152. The molecule has 0 spiro atoms. The van der Waals surface area contributed by atoms with Crippen LogP contribution in [-0.2, 0) is 26.2 Å². The molecule has 4 aromatic rings. The van der Waals surface area contributed by atoms with E-state index in [1.54, 1.807) is 0 Å². The van der Waals surface area contributed by atoms with Crippen molar-refractivity contribution in [3.05, 3.63) is 145 Å². The lowest BCUT2D eigenvalue weighted by atomic mass is 9.47. The molecule has 3 aliphatic carbocycles. The Kier molecular flexibility index (Phi) is 6.36. The standard InChI is InChI=1S/C33H23N5O7/c39-27(17-19-9-11-21(12-10-19)37(42)43)35-34-18-33-25-7-3-1-5-23(25)28(24-6-2-4-8-26(24)33)29-30(33)32(41)36(31(29)40)20-13-15-22(16-14-20)38(44)45/h1-16,18,28-30H,17H2,(H,35,39)/b34-18+. The van der Waals surface area contributed by atoms with Crippen molar-refractivity contribution >= 4 is 41.0 Å². The summed E-state index contributed by atoms with van der Waals surface area (Å²) >= 11 is 0. The van der Waals surface area contributed by atoms with E-state index in [1.807, 2.05) is 48.5 Å². The maximum atomic E-state index is 14.4. The van der Waals surface area contributed by atoms with Gasteiger partial charge in [0.1, 0.15) is 0 Å². The van der Waals surface area contributed by atoms with E-state index < -0.39 is 50.7 Å². The second-order valence-electron chi connectivity index (χ2n) is 11.2. The molecule has 222 valence electrons. The Morgan fingerprint density at radius 2 is 1.33 bits per heavy atom. The molecule has 2 unspecified atom stereocenters. The first kappa shape index (κ1) is 27.8. The largest absolute Gasteiger partial charge is 0.274 e. The molecule has 1 saturated heterocycles. The van der Waals surface area contributed by atoms with Crippen LogP contribution < -0.4 is 10.3 Å². The van der Waals surface area contributed by atoms with Gasteiger partial charge < -0.3 is 0 Å². The topological polar surface area (TPSA) is 165 Å². The number of nitro benzene ring substituents is 2. The van der Waals surface area contributed by atoms with Gasteiger partial charge in [0.25, 0.3) is 11.4 Å². The minimum atomic E-state index is -1.21. The van der Waals surface area contributed by atoms with Crippen LogP contribution in [0.1, 0.15) is 33.7 Å². The molecule has 1 N–H and O–H groups in total. The number of carbonyl (C=O) groups excluding carboxylic acids is 3. The molecule has 0 saturated carbocycles. The number of nitrogens with one attached hydrogen (secondary N) is 1. The maximum Gasteiger partial charge on any atom is 0.269 e. The average molecular weight is 602 g/mol. The summed E-state index contributed by atoms with van der Waals surface area (Å²) < 4.78 is 0. The van der Waals surface area contributed by atoms with Crippen LogP contribution in [0.15, 0.2) is 102 Å². The van der Waals surface area contributed by atoms with E-state index in [4.69, 9.17) is 0 Å². The predicted octanol–water partition coefficient (Wildman–Crippen LogP) is 4.40. The lowest BCUT2D eigenvalue weighted by molar-refractivity contribution is -0.385.